The Labute approximate surface area is 119 Å². The Hall–Kier alpha value is -0.970. The molecule has 0 unspecified atom stereocenters. The first-order valence-electron chi connectivity index (χ1n) is 5.65. The number of ketones is 1. The highest BCUT2D eigenvalue weighted by Gasteiger charge is 2.09. The summed E-state index contributed by atoms with van der Waals surface area (Å²) in [6.07, 6.45) is 0.862. The minimum absolute atomic E-state index is 0.00801. The highest BCUT2D eigenvalue weighted by Crippen LogP contribution is 2.16. The van der Waals surface area contributed by atoms with E-state index in [4.69, 9.17) is 4.74 Å². The van der Waals surface area contributed by atoms with Crippen LogP contribution in [0.4, 0.5) is 0 Å². The maximum absolute atomic E-state index is 11.9. The molecule has 0 amide bonds. The molecule has 0 aliphatic carbocycles. The minimum atomic E-state index is 0.00801. The molecule has 2 nitrogen and oxygen atoms in total. The third-order valence-corrected chi connectivity index (χ3v) is 4.11. The van der Waals surface area contributed by atoms with Gasteiger partial charge >= 0.3 is 0 Å². The SMILES string of the molecule is O=C(COCCc1cccs1)c1ccccc1Br. The van der Waals surface area contributed by atoms with E-state index < -0.39 is 0 Å². The van der Waals surface area contributed by atoms with E-state index in [0.29, 0.717) is 12.2 Å². The lowest BCUT2D eigenvalue weighted by atomic mass is 10.1. The molecule has 1 aromatic carbocycles. The maximum atomic E-state index is 11.9. The van der Waals surface area contributed by atoms with Crippen molar-refractivity contribution in [2.75, 3.05) is 13.2 Å². The van der Waals surface area contributed by atoms with Gasteiger partial charge in [0.2, 0.25) is 0 Å². The second-order valence-electron chi connectivity index (χ2n) is 3.78. The van der Waals surface area contributed by atoms with Crippen LogP contribution >= 0.6 is 27.3 Å². The van der Waals surface area contributed by atoms with Gasteiger partial charge < -0.3 is 4.74 Å². The van der Waals surface area contributed by atoms with Crippen LogP contribution in [0.15, 0.2) is 46.3 Å². The Balaban J connectivity index is 1.77. The summed E-state index contributed by atoms with van der Waals surface area (Å²) in [6.45, 7) is 0.713. The molecular formula is C14H13BrO2S. The van der Waals surface area contributed by atoms with Crippen molar-refractivity contribution >= 4 is 33.0 Å². The topological polar surface area (TPSA) is 26.3 Å². The normalized spacial score (nSPS) is 10.5. The maximum Gasteiger partial charge on any atom is 0.189 e. The largest absolute Gasteiger partial charge is 0.373 e. The monoisotopic (exact) mass is 324 g/mol. The standard InChI is InChI=1S/C14H13BrO2S/c15-13-6-2-1-5-12(13)14(16)10-17-8-7-11-4-3-9-18-11/h1-6,9H,7-8,10H2. The van der Waals surface area contributed by atoms with Crippen molar-refractivity contribution < 1.29 is 9.53 Å². The van der Waals surface area contributed by atoms with Gasteiger partial charge in [-0.25, -0.2) is 0 Å². The first kappa shape index (κ1) is 13.5. The third kappa shape index (κ3) is 3.77. The smallest absolute Gasteiger partial charge is 0.189 e. The van der Waals surface area contributed by atoms with E-state index in [9.17, 15) is 4.79 Å². The molecule has 0 fully saturated rings. The Morgan fingerprint density at radius 1 is 1.22 bits per heavy atom. The zero-order chi connectivity index (χ0) is 12.8. The van der Waals surface area contributed by atoms with E-state index in [-0.39, 0.29) is 12.4 Å². The van der Waals surface area contributed by atoms with Crippen LogP contribution in [0.25, 0.3) is 0 Å². The van der Waals surface area contributed by atoms with Crippen LogP contribution in [-0.2, 0) is 11.2 Å². The molecule has 0 aliphatic rings. The molecule has 18 heavy (non-hydrogen) atoms. The molecule has 2 aromatic rings. The fourth-order valence-electron chi connectivity index (χ4n) is 1.56. The number of hydrogen-bond acceptors (Lipinski definition) is 3. The Kier molecular flexibility index (Phi) is 5.11. The molecule has 94 valence electrons. The zero-order valence-corrected chi connectivity index (χ0v) is 12.2. The molecule has 0 N–H and O–H groups in total. The summed E-state index contributed by atoms with van der Waals surface area (Å²) in [6, 6.07) is 11.5. The quantitative estimate of drug-likeness (QED) is 0.594. The van der Waals surface area contributed by atoms with E-state index in [1.807, 2.05) is 29.6 Å². The highest BCUT2D eigenvalue weighted by atomic mass is 79.9. The molecule has 4 heteroatoms. The number of halogens is 1. The van der Waals surface area contributed by atoms with Crippen molar-refractivity contribution in [1.82, 2.24) is 0 Å². The van der Waals surface area contributed by atoms with Crippen LogP contribution < -0.4 is 0 Å². The van der Waals surface area contributed by atoms with Crippen LogP contribution in [0.1, 0.15) is 15.2 Å². The molecule has 2 rings (SSSR count). The molecule has 0 aliphatic heterocycles. The second-order valence-corrected chi connectivity index (χ2v) is 5.67. The van der Waals surface area contributed by atoms with Gasteiger partial charge in [-0.15, -0.1) is 11.3 Å². The fraction of sp³-hybridized carbons (Fsp3) is 0.214. The van der Waals surface area contributed by atoms with Crippen LogP contribution in [0, 0.1) is 0 Å². The van der Waals surface area contributed by atoms with Crippen molar-refractivity contribution in [2.45, 2.75) is 6.42 Å². The first-order chi connectivity index (χ1) is 8.77. The van der Waals surface area contributed by atoms with Crippen LogP contribution in [-0.4, -0.2) is 19.0 Å². The summed E-state index contributed by atoms with van der Waals surface area (Å²) >= 11 is 5.07. The lowest BCUT2D eigenvalue weighted by molar-refractivity contribution is 0.0765. The van der Waals surface area contributed by atoms with Gasteiger partial charge in [0, 0.05) is 21.3 Å². The summed E-state index contributed by atoms with van der Waals surface area (Å²) < 4.78 is 6.23. The molecule has 0 radical (unpaired) electrons. The molecule has 0 saturated carbocycles. The lowest BCUT2D eigenvalue weighted by Crippen LogP contribution is -2.11. The van der Waals surface area contributed by atoms with Gasteiger partial charge in [0.15, 0.2) is 5.78 Å². The van der Waals surface area contributed by atoms with E-state index in [2.05, 4.69) is 22.0 Å². The van der Waals surface area contributed by atoms with Gasteiger partial charge in [0.1, 0.15) is 6.61 Å². The zero-order valence-electron chi connectivity index (χ0n) is 9.77. The first-order valence-corrected chi connectivity index (χ1v) is 7.32. The van der Waals surface area contributed by atoms with E-state index >= 15 is 0 Å². The number of thiophene rings is 1. The number of ether oxygens (including phenoxy) is 1. The van der Waals surface area contributed by atoms with Gasteiger partial charge in [-0.2, -0.15) is 0 Å². The number of carbonyl (C=O) groups is 1. The van der Waals surface area contributed by atoms with Crippen LogP contribution in [0.3, 0.4) is 0 Å². The van der Waals surface area contributed by atoms with Crippen LogP contribution in [0.5, 0.6) is 0 Å². The summed E-state index contributed by atoms with van der Waals surface area (Å²) in [4.78, 5) is 13.2. The molecule has 0 atom stereocenters. The second kappa shape index (κ2) is 6.83. The molecule has 0 bridgehead atoms. The fourth-order valence-corrected chi connectivity index (χ4v) is 2.75. The molecule has 0 saturated heterocycles. The van der Waals surface area contributed by atoms with E-state index in [0.717, 1.165) is 10.9 Å². The molecule has 0 spiro atoms. The highest BCUT2D eigenvalue weighted by molar-refractivity contribution is 9.10. The predicted molar refractivity (Wildman–Crippen MR) is 77.3 cm³/mol. The number of hydrogen-bond donors (Lipinski definition) is 0. The Bertz CT molecular complexity index is 508. The van der Waals surface area contributed by atoms with E-state index in [1.165, 1.54) is 4.88 Å². The van der Waals surface area contributed by atoms with Crippen molar-refractivity contribution in [2.24, 2.45) is 0 Å². The Morgan fingerprint density at radius 2 is 2.06 bits per heavy atom. The average molecular weight is 325 g/mol. The molecule has 1 heterocycles. The van der Waals surface area contributed by atoms with Crippen molar-refractivity contribution in [3.05, 3.63) is 56.7 Å². The summed E-state index contributed by atoms with van der Waals surface area (Å²) in [5, 5.41) is 2.04. The van der Waals surface area contributed by atoms with Gasteiger partial charge in [0.25, 0.3) is 0 Å². The van der Waals surface area contributed by atoms with Crippen molar-refractivity contribution in [1.29, 1.82) is 0 Å². The van der Waals surface area contributed by atoms with Crippen molar-refractivity contribution in [3.8, 4) is 0 Å². The summed E-state index contributed by atoms with van der Waals surface area (Å²) in [5.74, 6) is 0.00801. The van der Waals surface area contributed by atoms with E-state index in [1.54, 1.807) is 17.4 Å². The molecule has 1 aromatic heterocycles. The van der Waals surface area contributed by atoms with Crippen LogP contribution in [0.2, 0.25) is 0 Å². The summed E-state index contributed by atoms with van der Waals surface area (Å²) in [5.41, 5.74) is 0.675. The predicted octanol–water partition coefficient (Wildman–Crippen LogP) is 3.95. The number of benzene rings is 1. The van der Waals surface area contributed by atoms with Gasteiger partial charge in [-0.05, 0) is 17.5 Å². The van der Waals surface area contributed by atoms with Gasteiger partial charge in [0.05, 0.1) is 6.61 Å². The van der Waals surface area contributed by atoms with Crippen molar-refractivity contribution in [3.63, 3.8) is 0 Å². The van der Waals surface area contributed by atoms with Gasteiger partial charge in [-0.1, -0.05) is 40.2 Å². The Morgan fingerprint density at radius 3 is 2.78 bits per heavy atom. The number of rotatable bonds is 6. The average Bonchev–Trinajstić information content (AvgIpc) is 2.88. The van der Waals surface area contributed by atoms with Gasteiger partial charge in [-0.3, -0.25) is 4.79 Å². The number of Topliss-reactive ketones (excluding diaryl/α,β-unsaturated/α-hetero) is 1. The minimum Gasteiger partial charge on any atom is -0.373 e. The lowest BCUT2D eigenvalue weighted by Gasteiger charge is -2.04. The third-order valence-electron chi connectivity index (χ3n) is 2.48. The number of carbonyl (C=O) groups excluding carboxylic acids is 1. The molecular weight excluding hydrogens is 312 g/mol. The summed E-state index contributed by atoms with van der Waals surface area (Å²) in [7, 11) is 0.